The quantitative estimate of drug-likeness (QED) is 0.711. The number of hydrogen-bond donors (Lipinski definition) is 0. The second-order valence-electron chi connectivity index (χ2n) is 8.23. The lowest BCUT2D eigenvalue weighted by atomic mass is 10.1. The van der Waals surface area contributed by atoms with Crippen LogP contribution in [0.15, 0.2) is 42.5 Å². The Labute approximate surface area is 182 Å². The summed E-state index contributed by atoms with van der Waals surface area (Å²) in [5.74, 6) is 2.48. The number of nitrogens with zero attached hydrogens (tertiary/aromatic N) is 2. The average Bonchev–Trinajstić information content (AvgIpc) is 3.50. The summed E-state index contributed by atoms with van der Waals surface area (Å²) in [4.78, 5) is 17.2. The number of amides is 1. The summed E-state index contributed by atoms with van der Waals surface area (Å²) in [6.45, 7) is 5.67. The highest BCUT2D eigenvalue weighted by atomic mass is 16.7. The molecular weight excluding hydrogens is 396 g/mol. The third-order valence-corrected chi connectivity index (χ3v) is 6.06. The second-order valence-corrected chi connectivity index (χ2v) is 8.23. The molecule has 2 aromatic rings. The van der Waals surface area contributed by atoms with Crippen LogP contribution in [-0.2, 0) is 11.3 Å². The van der Waals surface area contributed by atoms with Crippen LogP contribution < -0.4 is 14.2 Å². The van der Waals surface area contributed by atoms with Crippen LogP contribution in [0.25, 0.3) is 0 Å². The van der Waals surface area contributed by atoms with Gasteiger partial charge < -0.3 is 23.8 Å². The van der Waals surface area contributed by atoms with Gasteiger partial charge in [0.2, 0.25) is 6.79 Å². The van der Waals surface area contributed by atoms with Gasteiger partial charge in [0.25, 0.3) is 5.91 Å². The summed E-state index contributed by atoms with van der Waals surface area (Å²) < 4.78 is 22.2. The van der Waals surface area contributed by atoms with Gasteiger partial charge in [-0.2, -0.15) is 0 Å². The zero-order valence-corrected chi connectivity index (χ0v) is 17.6. The summed E-state index contributed by atoms with van der Waals surface area (Å²) >= 11 is 0. The topological polar surface area (TPSA) is 60.5 Å². The van der Waals surface area contributed by atoms with Gasteiger partial charge in [-0.1, -0.05) is 6.07 Å². The number of fused-ring (bicyclic) bond motifs is 1. The Morgan fingerprint density at radius 1 is 1.00 bits per heavy atom. The molecule has 5 rings (SSSR count). The summed E-state index contributed by atoms with van der Waals surface area (Å²) in [5, 5.41) is 0. The maximum Gasteiger partial charge on any atom is 0.253 e. The van der Waals surface area contributed by atoms with Crippen molar-refractivity contribution in [3.63, 3.8) is 0 Å². The van der Waals surface area contributed by atoms with Gasteiger partial charge in [-0.05, 0) is 54.8 Å². The Balaban J connectivity index is 1.10. The Morgan fingerprint density at radius 2 is 1.81 bits per heavy atom. The number of hydrogen-bond acceptors (Lipinski definition) is 6. The lowest BCUT2D eigenvalue weighted by molar-refractivity contribution is 0.0627. The molecule has 164 valence electrons. The molecule has 0 aromatic heterocycles. The first-order valence-electron chi connectivity index (χ1n) is 11.0. The summed E-state index contributed by atoms with van der Waals surface area (Å²) in [6.07, 6.45) is 2.35. The van der Waals surface area contributed by atoms with Crippen molar-refractivity contribution in [2.24, 2.45) is 0 Å². The van der Waals surface area contributed by atoms with Gasteiger partial charge in [0.05, 0.1) is 6.10 Å². The molecule has 31 heavy (non-hydrogen) atoms. The maximum absolute atomic E-state index is 12.9. The zero-order chi connectivity index (χ0) is 21.0. The minimum Gasteiger partial charge on any atom is -0.491 e. The molecule has 0 N–H and O–H groups in total. The highest BCUT2D eigenvalue weighted by Gasteiger charge is 2.23. The zero-order valence-electron chi connectivity index (χ0n) is 17.6. The van der Waals surface area contributed by atoms with Crippen LogP contribution in [0.4, 0.5) is 0 Å². The summed E-state index contributed by atoms with van der Waals surface area (Å²) in [6, 6.07) is 13.5. The van der Waals surface area contributed by atoms with Gasteiger partial charge in [-0.3, -0.25) is 9.69 Å². The highest BCUT2D eigenvalue weighted by Crippen LogP contribution is 2.32. The van der Waals surface area contributed by atoms with Crippen LogP contribution in [0.2, 0.25) is 0 Å². The van der Waals surface area contributed by atoms with Crippen molar-refractivity contribution in [3.8, 4) is 17.2 Å². The molecule has 7 nitrogen and oxygen atoms in total. The van der Waals surface area contributed by atoms with Crippen molar-refractivity contribution in [2.45, 2.75) is 25.5 Å². The SMILES string of the molecule is O=C(c1ccc(OC[C@H]2CCCO2)cc1)N1CCN(Cc2ccc3c(c2)OCO3)CC1. The van der Waals surface area contributed by atoms with Crippen LogP contribution in [0.3, 0.4) is 0 Å². The maximum atomic E-state index is 12.9. The fourth-order valence-electron chi connectivity index (χ4n) is 4.25. The summed E-state index contributed by atoms with van der Waals surface area (Å²) in [5.41, 5.74) is 1.90. The van der Waals surface area contributed by atoms with Crippen molar-refractivity contribution in [3.05, 3.63) is 53.6 Å². The number of piperazine rings is 1. The number of benzene rings is 2. The first-order chi connectivity index (χ1) is 15.2. The largest absolute Gasteiger partial charge is 0.491 e. The molecule has 3 aliphatic heterocycles. The highest BCUT2D eigenvalue weighted by molar-refractivity contribution is 5.94. The van der Waals surface area contributed by atoms with E-state index in [2.05, 4.69) is 11.0 Å². The fourth-order valence-corrected chi connectivity index (χ4v) is 4.25. The molecule has 2 aromatic carbocycles. The molecule has 3 aliphatic rings. The Morgan fingerprint density at radius 3 is 2.58 bits per heavy atom. The van der Waals surface area contributed by atoms with Gasteiger partial charge in [-0.15, -0.1) is 0 Å². The third kappa shape index (κ3) is 4.78. The standard InChI is InChI=1S/C24H28N2O5/c27-24(19-4-6-20(7-5-19)29-16-21-2-1-13-28-21)26-11-9-25(10-12-26)15-18-3-8-22-23(14-18)31-17-30-22/h3-8,14,21H,1-2,9-13,15-17H2/t21-/m1/s1. The van der Waals surface area contributed by atoms with E-state index in [1.54, 1.807) is 0 Å². The lowest BCUT2D eigenvalue weighted by Gasteiger charge is -2.34. The van der Waals surface area contributed by atoms with E-state index < -0.39 is 0 Å². The van der Waals surface area contributed by atoms with E-state index in [-0.39, 0.29) is 12.0 Å². The number of carbonyl (C=O) groups is 1. The van der Waals surface area contributed by atoms with Crippen molar-refractivity contribution >= 4 is 5.91 Å². The van der Waals surface area contributed by atoms with Crippen LogP contribution in [0.1, 0.15) is 28.8 Å². The lowest BCUT2D eigenvalue weighted by Crippen LogP contribution is -2.48. The monoisotopic (exact) mass is 424 g/mol. The molecule has 7 heteroatoms. The third-order valence-electron chi connectivity index (χ3n) is 6.06. The molecule has 3 heterocycles. The van der Waals surface area contributed by atoms with E-state index in [9.17, 15) is 4.79 Å². The van der Waals surface area contributed by atoms with Gasteiger partial charge in [-0.25, -0.2) is 0 Å². The van der Waals surface area contributed by atoms with Crippen LogP contribution in [0, 0.1) is 0 Å². The van der Waals surface area contributed by atoms with Crippen molar-refractivity contribution in [2.75, 3.05) is 46.2 Å². The molecule has 0 bridgehead atoms. The first-order valence-corrected chi connectivity index (χ1v) is 11.0. The van der Waals surface area contributed by atoms with E-state index in [1.165, 1.54) is 5.56 Å². The van der Waals surface area contributed by atoms with E-state index in [4.69, 9.17) is 18.9 Å². The minimum atomic E-state index is 0.0772. The number of ether oxygens (including phenoxy) is 4. The second kappa shape index (κ2) is 9.16. The van der Waals surface area contributed by atoms with Crippen LogP contribution in [-0.4, -0.2) is 68.0 Å². The Hall–Kier alpha value is -2.77. The molecule has 1 amide bonds. The first kappa shape index (κ1) is 20.2. The predicted molar refractivity (Wildman–Crippen MR) is 115 cm³/mol. The minimum absolute atomic E-state index is 0.0772. The number of rotatable bonds is 6. The van der Waals surface area contributed by atoms with E-state index in [0.717, 1.165) is 69.4 Å². The molecular formula is C24H28N2O5. The van der Waals surface area contributed by atoms with Gasteiger partial charge >= 0.3 is 0 Å². The fraction of sp³-hybridized carbons (Fsp3) is 0.458. The summed E-state index contributed by atoms with van der Waals surface area (Å²) in [7, 11) is 0. The molecule has 1 atom stereocenters. The number of carbonyl (C=O) groups excluding carboxylic acids is 1. The molecule has 0 aliphatic carbocycles. The average molecular weight is 424 g/mol. The van der Waals surface area contributed by atoms with E-state index >= 15 is 0 Å². The van der Waals surface area contributed by atoms with Gasteiger partial charge in [0, 0.05) is 44.9 Å². The van der Waals surface area contributed by atoms with E-state index in [0.29, 0.717) is 19.0 Å². The Bertz CT molecular complexity index is 903. The molecule has 0 saturated carbocycles. The van der Waals surface area contributed by atoms with Gasteiger partial charge in [0.15, 0.2) is 11.5 Å². The van der Waals surface area contributed by atoms with E-state index in [1.807, 2.05) is 41.3 Å². The van der Waals surface area contributed by atoms with Crippen LogP contribution >= 0.6 is 0 Å². The Kier molecular flexibility index (Phi) is 5.95. The van der Waals surface area contributed by atoms with Gasteiger partial charge in [0.1, 0.15) is 12.4 Å². The molecule has 0 radical (unpaired) electrons. The molecule has 2 saturated heterocycles. The van der Waals surface area contributed by atoms with Crippen molar-refractivity contribution < 1.29 is 23.7 Å². The van der Waals surface area contributed by atoms with Crippen LogP contribution in [0.5, 0.6) is 17.2 Å². The smallest absolute Gasteiger partial charge is 0.253 e. The van der Waals surface area contributed by atoms with Crippen molar-refractivity contribution in [1.82, 2.24) is 9.80 Å². The predicted octanol–water partition coefficient (Wildman–Crippen LogP) is 2.93. The molecule has 2 fully saturated rings. The normalized spacial score (nSPS) is 20.8. The van der Waals surface area contributed by atoms with Crippen molar-refractivity contribution in [1.29, 1.82) is 0 Å². The molecule has 0 spiro atoms. The molecule has 0 unspecified atom stereocenters.